The highest BCUT2D eigenvalue weighted by Gasteiger charge is 2.29. The SMILES string of the molecule is CC(NC(=O)NCc1cccc(NC(=O)C2CC2)c1)c1ccc(Cl)c(Cl)c1. The maximum Gasteiger partial charge on any atom is 0.315 e. The Labute approximate surface area is 168 Å². The third-order valence-electron chi connectivity index (χ3n) is 4.39. The van der Waals surface area contributed by atoms with Crippen LogP contribution in [0.5, 0.6) is 0 Å². The first-order valence-corrected chi connectivity index (χ1v) is 9.57. The van der Waals surface area contributed by atoms with Gasteiger partial charge in [0.1, 0.15) is 0 Å². The van der Waals surface area contributed by atoms with E-state index in [1.807, 2.05) is 37.3 Å². The molecule has 7 heteroatoms. The van der Waals surface area contributed by atoms with Gasteiger partial charge in [-0.05, 0) is 55.2 Å². The minimum absolute atomic E-state index is 0.0632. The monoisotopic (exact) mass is 405 g/mol. The number of benzene rings is 2. The van der Waals surface area contributed by atoms with E-state index in [1.165, 1.54) is 0 Å². The van der Waals surface area contributed by atoms with Crippen molar-refractivity contribution < 1.29 is 9.59 Å². The van der Waals surface area contributed by atoms with Gasteiger partial charge in [-0.2, -0.15) is 0 Å². The van der Waals surface area contributed by atoms with Crippen molar-refractivity contribution in [3.63, 3.8) is 0 Å². The van der Waals surface area contributed by atoms with Crippen LogP contribution in [-0.4, -0.2) is 11.9 Å². The van der Waals surface area contributed by atoms with E-state index in [-0.39, 0.29) is 23.9 Å². The third kappa shape index (κ3) is 5.62. The summed E-state index contributed by atoms with van der Waals surface area (Å²) in [6.45, 7) is 2.22. The highest BCUT2D eigenvalue weighted by molar-refractivity contribution is 6.42. The summed E-state index contributed by atoms with van der Waals surface area (Å²) in [5, 5.41) is 9.52. The molecule has 5 nitrogen and oxygen atoms in total. The van der Waals surface area contributed by atoms with Gasteiger partial charge in [0.15, 0.2) is 0 Å². The van der Waals surface area contributed by atoms with Crippen molar-refractivity contribution in [1.29, 1.82) is 0 Å². The second-order valence-corrected chi connectivity index (χ2v) is 7.50. The number of carbonyl (C=O) groups is 2. The van der Waals surface area contributed by atoms with Crippen molar-refractivity contribution in [1.82, 2.24) is 10.6 Å². The van der Waals surface area contributed by atoms with Crippen molar-refractivity contribution in [3.8, 4) is 0 Å². The molecule has 0 spiro atoms. The quantitative estimate of drug-likeness (QED) is 0.639. The van der Waals surface area contributed by atoms with Crippen LogP contribution in [0.15, 0.2) is 42.5 Å². The lowest BCUT2D eigenvalue weighted by Gasteiger charge is -2.16. The number of anilines is 1. The molecule has 0 saturated heterocycles. The lowest BCUT2D eigenvalue weighted by molar-refractivity contribution is -0.117. The average Bonchev–Trinajstić information content (AvgIpc) is 3.48. The van der Waals surface area contributed by atoms with Gasteiger partial charge in [-0.3, -0.25) is 4.79 Å². The van der Waals surface area contributed by atoms with Gasteiger partial charge in [-0.1, -0.05) is 41.4 Å². The van der Waals surface area contributed by atoms with Crippen molar-refractivity contribution in [3.05, 3.63) is 63.6 Å². The standard InChI is InChI=1S/C20H21Cl2N3O2/c1-12(15-7-8-17(21)18(22)10-15)24-20(27)23-11-13-3-2-4-16(9-13)25-19(26)14-5-6-14/h2-4,7-10,12,14H,5-6,11H2,1H3,(H,25,26)(H2,23,24,27). The fourth-order valence-electron chi connectivity index (χ4n) is 2.64. The van der Waals surface area contributed by atoms with Crippen LogP contribution >= 0.6 is 23.2 Å². The molecular weight excluding hydrogens is 385 g/mol. The van der Waals surface area contributed by atoms with Crippen LogP contribution in [0.1, 0.15) is 36.9 Å². The normalized spacial score (nSPS) is 14.3. The maximum absolute atomic E-state index is 12.2. The molecule has 1 fully saturated rings. The molecule has 2 aromatic rings. The first-order valence-electron chi connectivity index (χ1n) is 8.81. The van der Waals surface area contributed by atoms with E-state index in [0.717, 1.165) is 29.7 Å². The molecule has 3 rings (SSSR count). The van der Waals surface area contributed by atoms with Gasteiger partial charge >= 0.3 is 6.03 Å². The Morgan fingerprint density at radius 1 is 1.11 bits per heavy atom. The second-order valence-electron chi connectivity index (χ2n) is 6.69. The lowest BCUT2D eigenvalue weighted by Crippen LogP contribution is -2.36. The predicted octanol–water partition coefficient (Wildman–Crippen LogP) is 4.90. The van der Waals surface area contributed by atoms with E-state index in [2.05, 4.69) is 16.0 Å². The van der Waals surface area contributed by atoms with Gasteiger partial charge in [-0.15, -0.1) is 0 Å². The number of rotatable bonds is 6. The highest BCUT2D eigenvalue weighted by atomic mass is 35.5. The molecule has 0 heterocycles. The van der Waals surface area contributed by atoms with Gasteiger partial charge in [0.05, 0.1) is 16.1 Å². The number of hydrogen-bond donors (Lipinski definition) is 3. The van der Waals surface area contributed by atoms with E-state index in [4.69, 9.17) is 23.2 Å². The Hall–Kier alpha value is -2.24. The van der Waals surface area contributed by atoms with E-state index < -0.39 is 0 Å². The summed E-state index contributed by atoms with van der Waals surface area (Å²) in [7, 11) is 0. The lowest BCUT2D eigenvalue weighted by atomic mass is 10.1. The van der Waals surface area contributed by atoms with Crippen molar-refractivity contribution in [2.45, 2.75) is 32.4 Å². The van der Waals surface area contributed by atoms with Crippen molar-refractivity contribution in [2.75, 3.05) is 5.32 Å². The fraction of sp³-hybridized carbons (Fsp3) is 0.300. The average molecular weight is 406 g/mol. The number of hydrogen-bond acceptors (Lipinski definition) is 2. The van der Waals surface area contributed by atoms with E-state index in [9.17, 15) is 9.59 Å². The first kappa shape index (κ1) is 19.5. The van der Waals surface area contributed by atoms with E-state index >= 15 is 0 Å². The highest BCUT2D eigenvalue weighted by Crippen LogP contribution is 2.30. The Morgan fingerprint density at radius 2 is 1.89 bits per heavy atom. The Kier molecular flexibility index (Phi) is 6.24. The summed E-state index contributed by atoms with van der Waals surface area (Å²) >= 11 is 11.9. The number of halogens is 2. The molecule has 1 aliphatic carbocycles. The summed E-state index contributed by atoms with van der Waals surface area (Å²) in [6.07, 6.45) is 1.93. The zero-order valence-corrected chi connectivity index (χ0v) is 16.4. The molecule has 1 unspecified atom stereocenters. The Morgan fingerprint density at radius 3 is 2.59 bits per heavy atom. The van der Waals surface area contributed by atoms with Crippen LogP contribution in [-0.2, 0) is 11.3 Å². The van der Waals surface area contributed by atoms with E-state index in [0.29, 0.717) is 16.6 Å². The number of amides is 3. The van der Waals surface area contributed by atoms with Gasteiger partial charge in [-0.25, -0.2) is 4.79 Å². The minimum atomic E-state index is -0.291. The van der Waals surface area contributed by atoms with Crippen LogP contribution in [0, 0.1) is 5.92 Å². The summed E-state index contributed by atoms with van der Waals surface area (Å²) in [5.41, 5.74) is 2.51. The van der Waals surface area contributed by atoms with E-state index in [1.54, 1.807) is 12.1 Å². The van der Waals surface area contributed by atoms with Crippen LogP contribution in [0.3, 0.4) is 0 Å². The van der Waals surface area contributed by atoms with Gasteiger partial charge in [0.2, 0.25) is 5.91 Å². The van der Waals surface area contributed by atoms with Crippen LogP contribution in [0.4, 0.5) is 10.5 Å². The van der Waals surface area contributed by atoms with Gasteiger partial charge < -0.3 is 16.0 Å². The summed E-state index contributed by atoms with van der Waals surface area (Å²) in [5.74, 6) is 0.216. The molecule has 3 N–H and O–H groups in total. The maximum atomic E-state index is 12.2. The molecule has 1 aliphatic rings. The topological polar surface area (TPSA) is 70.2 Å². The number of carbonyl (C=O) groups excluding carboxylic acids is 2. The predicted molar refractivity (Wildman–Crippen MR) is 108 cm³/mol. The molecule has 0 bridgehead atoms. The Balaban J connectivity index is 1.51. The zero-order valence-electron chi connectivity index (χ0n) is 14.9. The molecule has 1 saturated carbocycles. The number of nitrogens with one attached hydrogen (secondary N) is 3. The van der Waals surface area contributed by atoms with Crippen LogP contribution in [0.25, 0.3) is 0 Å². The minimum Gasteiger partial charge on any atom is -0.334 e. The zero-order chi connectivity index (χ0) is 19.4. The smallest absolute Gasteiger partial charge is 0.315 e. The van der Waals surface area contributed by atoms with Gasteiger partial charge in [0.25, 0.3) is 0 Å². The Bertz CT molecular complexity index is 853. The first-order chi connectivity index (χ1) is 12.9. The largest absolute Gasteiger partial charge is 0.334 e. The van der Waals surface area contributed by atoms with Crippen molar-refractivity contribution in [2.24, 2.45) is 5.92 Å². The molecule has 0 radical (unpaired) electrons. The molecule has 1 atom stereocenters. The molecular formula is C20H21Cl2N3O2. The summed E-state index contributed by atoms with van der Waals surface area (Å²) in [4.78, 5) is 24.0. The summed E-state index contributed by atoms with van der Waals surface area (Å²) in [6, 6.07) is 12.2. The van der Waals surface area contributed by atoms with Crippen LogP contribution < -0.4 is 16.0 Å². The second kappa shape index (κ2) is 8.63. The molecule has 0 aliphatic heterocycles. The molecule has 2 aromatic carbocycles. The molecule has 3 amide bonds. The summed E-state index contributed by atoms with van der Waals surface area (Å²) < 4.78 is 0. The number of urea groups is 1. The van der Waals surface area contributed by atoms with Gasteiger partial charge in [0, 0.05) is 18.2 Å². The van der Waals surface area contributed by atoms with Crippen LogP contribution in [0.2, 0.25) is 10.0 Å². The van der Waals surface area contributed by atoms with Crippen molar-refractivity contribution >= 4 is 40.8 Å². The molecule has 142 valence electrons. The molecule has 0 aromatic heterocycles. The third-order valence-corrected chi connectivity index (χ3v) is 5.13. The molecule has 27 heavy (non-hydrogen) atoms. The fourth-order valence-corrected chi connectivity index (χ4v) is 2.95.